The van der Waals surface area contributed by atoms with E-state index in [9.17, 15) is 14.4 Å². The number of amides is 3. The Labute approximate surface area is 142 Å². The first-order valence-corrected chi connectivity index (χ1v) is 8.51. The van der Waals surface area contributed by atoms with Crippen LogP contribution >= 0.6 is 0 Å². The number of nitrogens with one attached hydrogen (secondary N) is 2. The molecule has 2 N–H and O–H groups in total. The van der Waals surface area contributed by atoms with Crippen LogP contribution in [0, 0.1) is 0 Å². The van der Waals surface area contributed by atoms with E-state index in [1.807, 2.05) is 44.2 Å². The normalized spacial score (nSPS) is 20.7. The lowest BCUT2D eigenvalue weighted by Gasteiger charge is -2.37. The molecule has 1 aromatic rings. The van der Waals surface area contributed by atoms with Gasteiger partial charge in [0, 0.05) is 13.1 Å². The average Bonchev–Trinajstić information content (AvgIpc) is 2.60. The maximum Gasteiger partial charge on any atom is 0.253 e. The molecule has 0 saturated carbocycles. The van der Waals surface area contributed by atoms with Crippen LogP contribution in [0.1, 0.15) is 38.7 Å². The Hall–Kier alpha value is -2.37. The standard InChI is InChI=1S/C18H25N3O3/c1-3-5-11-21-15(17(23)20-14(4-2)18(21)24)16(22)19-12-13-9-7-6-8-10-13/h6-10,14-15H,3-5,11-12H2,1-2H3,(H,19,22)(H,20,23)/t14-,15?/m0/s1. The van der Waals surface area contributed by atoms with Gasteiger partial charge in [0.1, 0.15) is 6.04 Å². The Morgan fingerprint density at radius 2 is 1.92 bits per heavy atom. The molecule has 6 heteroatoms. The number of hydrogen-bond donors (Lipinski definition) is 2. The van der Waals surface area contributed by atoms with Gasteiger partial charge in [-0.3, -0.25) is 14.4 Å². The van der Waals surface area contributed by atoms with Crippen molar-refractivity contribution in [2.75, 3.05) is 6.54 Å². The zero-order valence-electron chi connectivity index (χ0n) is 14.2. The van der Waals surface area contributed by atoms with Crippen LogP contribution in [0.2, 0.25) is 0 Å². The number of benzene rings is 1. The molecule has 0 spiro atoms. The van der Waals surface area contributed by atoms with Crippen molar-refractivity contribution in [1.29, 1.82) is 0 Å². The minimum Gasteiger partial charge on any atom is -0.350 e. The van der Waals surface area contributed by atoms with E-state index in [-0.39, 0.29) is 5.91 Å². The van der Waals surface area contributed by atoms with Crippen LogP contribution < -0.4 is 10.6 Å². The summed E-state index contributed by atoms with van der Waals surface area (Å²) in [6.07, 6.45) is 2.17. The minimum absolute atomic E-state index is 0.176. The average molecular weight is 331 g/mol. The van der Waals surface area contributed by atoms with Gasteiger partial charge in [0.25, 0.3) is 11.8 Å². The second kappa shape index (κ2) is 8.47. The maximum atomic E-state index is 12.5. The lowest BCUT2D eigenvalue weighted by molar-refractivity contribution is -0.154. The highest BCUT2D eigenvalue weighted by atomic mass is 16.2. The quantitative estimate of drug-likeness (QED) is 0.737. The number of piperazine rings is 1. The molecule has 1 aliphatic heterocycles. The van der Waals surface area contributed by atoms with Crippen molar-refractivity contribution in [3.8, 4) is 0 Å². The summed E-state index contributed by atoms with van der Waals surface area (Å²) in [6, 6.07) is 7.84. The molecule has 24 heavy (non-hydrogen) atoms. The Morgan fingerprint density at radius 3 is 2.54 bits per heavy atom. The number of carbonyl (C=O) groups is 3. The van der Waals surface area contributed by atoms with Crippen LogP contribution in [0.3, 0.4) is 0 Å². The molecule has 0 aromatic heterocycles. The van der Waals surface area contributed by atoms with Crippen molar-refractivity contribution in [2.24, 2.45) is 0 Å². The molecular formula is C18H25N3O3. The van der Waals surface area contributed by atoms with E-state index >= 15 is 0 Å². The molecule has 1 unspecified atom stereocenters. The topological polar surface area (TPSA) is 78.5 Å². The highest BCUT2D eigenvalue weighted by molar-refractivity contribution is 6.10. The molecule has 0 radical (unpaired) electrons. The molecular weight excluding hydrogens is 306 g/mol. The molecule has 1 heterocycles. The van der Waals surface area contributed by atoms with Crippen molar-refractivity contribution in [2.45, 2.75) is 51.7 Å². The van der Waals surface area contributed by atoms with Crippen LogP contribution in [-0.2, 0) is 20.9 Å². The summed E-state index contributed by atoms with van der Waals surface area (Å²) in [5, 5.41) is 5.43. The lowest BCUT2D eigenvalue weighted by Crippen LogP contribution is -2.67. The van der Waals surface area contributed by atoms with Crippen molar-refractivity contribution >= 4 is 17.7 Å². The van der Waals surface area contributed by atoms with Gasteiger partial charge in [-0.15, -0.1) is 0 Å². The molecule has 6 nitrogen and oxygen atoms in total. The van der Waals surface area contributed by atoms with E-state index in [0.29, 0.717) is 19.5 Å². The van der Waals surface area contributed by atoms with Gasteiger partial charge in [-0.25, -0.2) is 0 Å². The number of unbranched alkanes of at least 4 members (excludes halogenated alkanes) is 1. The van der Waals surface area contributed by atoms with E-state index < -0.39 is 23.9 Å². The van der Waals surface area contributed by atoms with E-state index in [1.54, 1.807) is 0 Å². The highest BCUT2D eigenvalue weighted by Gasteiger charge is 2.43. The first-order chi connectivity index (χ1) is 11.6. The summed E-state index contributed by atoms with van der Waals surface area (Å²) in [4.78, 5) is 38.9. The van der Waals surface area contributed by atoms with E-state index in [4.69, 9.17) is 0 Å². The van der Waals surface area contributed by atoms with Gasteiger partial charge >= 0.3 is 0 Å². The predicted molar refractivity (Wildman–Crippen MR) is 90.9 cm³/mol. The lowest BCUT2D eigenvalue weighted by atomic mass is 10.0. The molecule has 1 aromatic carbocycles. The van der Waals surface area contributed by atoms with Crippen molar-refractivity contribution < 1.29 is 14.4 Å². The molecule has 2 atom stereocenters. The Bertz CT molecular complexity index is 588. The van der Waals surface area contributed by atoms with E-state index in [1.165, 1.54) is 4.90 Å². The van der Waals surface area contributed by atoms with E-state index in [0.717, 1.165) is 18.4 Å². The summed E-state index contributed by atoms with van der Waals surface area (Å²) >= 11 is 0. The van der Waals surface area contributed by atoms with Crippen molar-refractivity contribution in [1.82, 2.24) is 15.5 Å². The Balaban J connectivity index is 2.09. The number of nitrogens with zero attached hydrogens (tertiary/aromatic N) is 1. The first kappa shape index (κ1) is 18.0. The van der Waals surface area contributed by atoms with Crippen LogP contribution in [0.25, 0.3) is 0 Å². The first-order valence-electron chi connectivity index (χ1n) is 8.51. The summed E-state index contributed by atoms with van der Waals surface area (Å²) in [5.41, 5.74) is 0.944. The van der Waals surface area contributed by atoms with Gasteiger partial charge in [-0.05, 0) is 18.4 Å². The fraction of sp³-hybridized carbons (Fsp3) is 0.500. The SMILES string of the molecule is CCCCN1C(=O)[C@H](CC)NC(=O)C1C(=O)NCc1ccccc1. The summed E-state index contributed by atoms with van der Waals surface area (Å²) in [7, 11) is 0. The second-order valence-corrected chi connectivity index (χ2v) is 5.96. The largest absolute Gasteiger partial charge is 0.350 e. The Kier molecular flexibility index (Phi) is 6.35. The molecule has 130 valence electrons. The van der Waals surface area contributed by atoms with Gasteiger partial charge in [0.15, 0.2) is 6.04 Å². The monoisotopic (exact) mass is 331 g/mol. The van der Waals surface area contributed by atoms with Gasteiger partial charge < -0.3 is 15.5 Å². The molecule has 0 bridgehead atoms. The van der Waals surface area contributed by atoms with Crippen LogP contribution in [0.5, 0.6) is 0 Å². The number of rotatable bonds is 7. The molecule has 3 amide bonds. The van der Waals surface area contributed by atoms with Gasteiger partial charge in [0.2, 0.25) is 5.91 Å². The summed E-state index contributed by atoms with van der Waals surface area (Å²) < 4.78 is 0. The highest BCUT2D eigenvalue weighted by Crippen LogP contribution is 2.14. The molecule has 2 rings (SSSR count). The van der Waals surface area contributed by atoms with Crippen LogP contribution in [0.15, 0.2) is 30.3 Å². The fourth-order valence-electron chi connectivity index (χ4n) is 2.77. The van der Waals surface area contributed by atoms with Gasteiger partial charge in [-0.1, -0.05) is 50.6 Å². The van der Waals surface area contributed by atoms with E-state index in [2.05, 4.69) is 10.6 Å². The zero-order chi connectivity index (χ0) is 17.5. The van der Waals surface area contributed by atoms with Gasteiger partial charge in [0.05, 0.1) is 0 Å². The Morgan fingerprint density at radius 1 is 1.21 bits per heavy atom. The van der Waals surface area contributed by atoms with Crippen molar-refractivity contribution in [3.63, 3.8) is 0 Å². The third kappa shape index (κ3) is 4.13. The van der Waals surface area contributed by atoms with Crippen molar-refractivity contribution in [3.05, 3.63) is 35.9 Å². The third-order valence-corrected chi connectivity index (χ3v) is 4.18. The summed E-state index contributed by atoms with van der Waals surface area (Å²) in [6.45, 7) is 4.60. The predicted octanol–water partition coefficient (Wildman–Crippen LogP) is 1.21. The fourth-order valence-corrected chi connectivity index (χ4v) is 2.77. The third-order valence-electron chi connectivity index (χ3n) is 4.18. The maximum absolute atomic E-state index is 12.5. The zero-order valence-corrected chi connectivity index (χ0v) is 14.2. The number of carbonyl (C=O) groups excluding carboxylic acids is 3. The smallest absolute Gasteiger partial charge is 0.253 e. The van der Waals surface area contributed by atoms with Crippen LogP contribution in [-0.4, -0.2) is 41.2 Å². The molecule has 1 aliphatic rings. The number of hydrogen-bond acceptors (Lipinski definition) is 3. The summed E-state index contributed by atoms with van der Waals surface area (Å²) in [5.74, 6) is -1.01. The minimum atomic E-state index is -1.09. The molecule has 1 saturated heterocycles. The van der Waals surface area contributed by atoms with Gasteiger partial charge in [-0.2, -0.15) is 0 Å². The molecule has 1 fully saturated rings. The second-order valence-electron chi connectivity index (χ2n) is 5.96. The molecule has 0 aliphatic carbocycles. The van der Waals surface area contributed by atoms with Crippen LogP contribution in [0.4, 0.5) is 0 Å².